The van der Waals surface area contributed by atoms with E-state index in [0.29, 0.717) is 36.9 Å². The minimum Gasteiger partial charge on any atom is -0.421 e. The fraction of sp³-hybridized carbons (Fsp3) is 0.500. The van der Waals surface area contributed by atoms with Crippen molar-refractivity contribution in [1.29, 1.82) is 0 Å². The Labute approximate surface area is 139 Å². The summed E-state index contributed by atoms with van der Waals surface area (Å²) in [7, 11) is 2.03. The minimum atomic E-state index is -0.226. The molecule has 3 rings (SSSR count). The molecular formula is C16H21N5O3. The number of nitrogens with zero attached hydrogens (tertiary/aromatic N) is 5. The molecule has 0 aromatic carbocycles. The highest BCUT2D eigenvalue weighted by atomic mass is 16.4. The van der Waals surface area contributed by atoms with Crippen LogP contribution in [0.5, 0.6) is 0 Å². The van der Waals surface area contributed by atoms with Crippen molar-refractivity contribution in [2.45, 2.75) is 19.9 Å². The van der Waals surface area contributed by atoms with Crippen molar-refractivity contribution < 1.29 is 9.21 Å². The van der Waals surface area contributed by atoms with E-state index in [4.69, 9.17) is 4.42 Å². The maximum absolute atomic E-state index is 12.4. The van der Waals surface area contributed by atoms with Gasteiger partial charge in [0, 0.05) is 44.9 Å². The van der Waals surface area contributed by atoms with E-state index < -0.39 is 0 Å². The highest BCUT2D eigenvalue weighted by Crippen LogP contribution is 2.16. The molecule has 3 heterocycles. The number of hydrogen-bond acceptors (Lipinski definition) is 6. The third kappa shape index (κ3) is 3.53. The quantitative estimate of drug-likeness (QED) is 0.798. The van der Waals surface area contributed by atoms with Gasteiger partial charge in [0.25, 0.3) is 5.56 Å². The number of amides is 1. The lowest BCUT2D eigenvalue weighted by Crippen LogP contribution is -2.48. The number of aromatic nitrogens is 3. The van der Waals surface area contributed by atoms with Gasteiger partial charge in [0.2, 0.25) is 17.7 Å². The van der Waals surface area contributed by atoms with Gasteiger partial charge in [-0.1, -0.05) is 6.92 Å². The smallest absolute Gasteiger partial charge is 0.251 e. The van der Waals surface area contributed by atoms with E-state index in [-0.39, 0.29) is 18.0 Å². The van der Waals surface area contributed by atoms with Crippen LogP contribution in [-0.2, 0) is 17.8 Å². The van der Waals surface area contributed by atoms with Gasteiger partial charge >= 0.3 is 0 Å². The van der Waals surface area contributed by atoms with Crippen LogP contribution in [0, 0.1) is 0 Å². The first-order valence-corrected chi connectivity index (χ1v) is 8.06. The van der Waals surface area contributed by atoms with Gasteiger partial charge in [-0.05, 0) is 13.1 Å². The van der Waals surface area contributed by atoms with Gasteiger partial charge in [0.05, 0.1) is 5.56 Å². The second-order valence-corrected chi connectivity index (χ2v) is 5.92. The Morgan fingerprint density at radius 3 is 2.62 bits per heavy atom. The molecule has 128 valence electrons. The van der Waals surface area contributed by atoms with Gasteiger partial charge in [-0.3, -0.25) is 9.59 Å². The number of pyridine rings is 1. The molecule has 1 fully saturated rings. The Bertz CT molecular complexity index is 774. The lowest BCUT2D eigenvalue weighted by molar-refractivity contribution is -0.133. The zero-order valence-corrected chi connectivity index (χ0v) is 13.9. The minimum absolute atomic E-state index is 0.0190. The van der Waals surface area contributed by atoms with Crippen molar-refractivity contribution in [2.24, 2.45) is 0 Å². The second kappa shape index (κ2) is 6.96. The third-order valence-electron chi connectivity index (χ3n) is 4.16. The largest absolute Gasteiger partial charge is 0.421 e. The Morgan fingerprint density at radius 2 is 1.96 bits per heavy atom. The summed E-state index contributed by atoms with van der Waals surface area (Å²) in [6.07, 6.45) is 2.25. The van der Waals surface area contributed by atoms with Gasteiger partial charge in [-0.2, -0.15) is 0 Å². The molecule has 0 unspecified atom stereocenters. The van der Waals surface area contributed by atoms with E-state index in [1.807, 2.05) is 14.0 Å². The van der Waals surface area contributed by atoms with Crippen LogP contribution < -0.4 is 5.56 Å². The van der Waals surface area contributed by atoms with Crippen LogP contribution in [0.25, 0.3) is 11.5 Å². The number of piperazine rings is 1. The molecule has 0 N–H and O–H groups in total. The zero-order chi connectivity index (χ0) is 17.1. The Hall–Kier alpha value is -2.48. The van der Waals surface area contributed by atoms with Gasteiger partial charge in [0.1, 0.15) is 6.54 Å². The number of carbonyl (C=O) groups is 1. The Morgan fingerprint density at radius 1 is 1.21 bits per heavy atom. The maximum Gasteiger partial charge on any atom is 0.251 e. The molecule has 0 atom stereocenters. The molecule has 0 saturated carbocycles. The summed E-state index contributed by atoms with van der Waals surface area (Å²) in [6.45, 7) is 5.02. The van der Waals surface area contributed by atoms with Crippen molar-refractivity contribution in [3.8, 4) is 11.5 Å². The first-order chi connectivity index (χ1) is 11.6. The summed E-state index contributed by atoms with van der Waals surface area (Å²) in [5.74, 6) is 0.839. The lowest BCUT2D eigenvalue weighted by Gasteiger charge is -2.32. The SMILES string of the molecule is CCc1nnc(-c2ccc(=O)n(CC(=O)N3CCN(C)CC3)c2)o1. The molecule has 1 aliphatic rings. The Balaban J connectivity index is 1.76. The van der Waals surface area contributed by atoms with Crippen LogP contribution >= 0.6 is 0 Å². The second-order valence-electron chi connectivity index (χ2n) is 5.92. The molecule has 24 heavy (non-hydrogen) atoms. The summed E-state index contributed by atoms with van der Waals surface area (Å²) < 4.78 is 6.90. The van der Waals surface area contributed by atoms with E-state index in [1.54, 1.807) is 17.2 Å². The van der Waals surface area contributed by atoms with E-state index in [0.717, 1.165) is 13.1 Å². The molecule has 1 aliphatic heterocycles. The van der Waals surface area contributed by atoms with Crippen LogP contribution in [0.1, 0.15) is 12.8 Å². The highest BCUT2D eigenvalue weighted by molar-refractivity contribution is 5.76. The molecule has 0 bridgehead atoms. The molecule has 0 spiro atoms. The summed E-state index contributed by atoms with van der Waals surface area (Å²) in [5.41, 5.74) is 0.407. The number of aryl methyl sites for hydroxylation is 1. The molecule has 0 aliphatic carbocycles. The summed E-state index contributed by atoms with van der Waals surface area (Å²) in [4.78, 5) is 28.4. The predicted molar refractivity (Wildman–Crippen MR) is 87.4 cm³/mol. The molecule has 1 amide bonds. The van der Waals surface area contributed by atoms with Crippen LogP contribution in [0.4, 0.5) is 0 Å². The normalized spacial score (nSPS) is 15.7. The average Bonchev–Trinajstić information content (AvgIpc) is 3.06. The van der Waals surface area contributed by atoms with Gasteiger partial charge in [-0.15, -0.1) is 10.2 Å². The number of rotatable bonds is 4. The van der Waals surface area contributed by atoms with Crippen molar-refractivity contribution in [3.05, 3.63) is 34.6 Å². The predicted octanol–water partition coefficient (Wildman–Crippen LogP) is 0.235. The first kappa shape index (κ1) is 16.4. The van der Waals surface area contributed by atoms with E-state index in [9.17, 15) is 9.59 Å². The molecule has 1 saturated heterocycles. The summed E-state index contributed by atoms with van der Waals surface area (Å²) >= 11 is 0. The molecule has 2 aromatic rings. The molecule has 0 radical (unpaired) electrons. The van der Waals surface area contributed by atoms with Crippen molar-refractivity contribution in [3.63, 3.8) is 0 Å². The van der Waals surface area contributed by atoms with Crippen LogP contribution in [-0.4, -0.2) is 63.7 Å². The molecule has 8 nitrogen and oxygen atoms in total. The summed E-state index contributed by atoms with van der Waals surface area (Å²) in [5, 5.41) is 7.89. The van der Waals surface area contributed by atoms with Crippen molar-refractivity contribution in [1.82, 2.24) is 24.6 Å². The van der Waals surface area contributed by atoms with Crippen LogP contribution in [0.2, 0.25) is 0 Å². The van der Waals surface area contributed by atoms with Crippen molar-refractivity contribution >= 4 is 5.91 Å². The van der Waals surface area contributed by atoms with Crippen molar-refractivity contribution in [2.75, 3.05) is 33.2 Å². The standard InChI is InChI=1S/C16H21N5O3/c1-3-13-17-18-16(24-13)12-4-5-14(22)21(10-12)11-15(23)20-8-6-19(2)7-9-20/h4-5,10H,3,6-9,11H2,1-2H3. The molecule has 8 heteroatoms. The number of carbonyl (C=O) groups excluding carboxylic acids is 1. The highest BCUT2D eigenvalue weighted by Gasteiger charge is 2.20. The molecular weight excluding hydrogens is 310 g/mol. The Kier molecular flexibility index (Phi) is 4.75. The first-order valence-electron chi connectivity index (χ1n) is 8.06. The van der Waals surface area contributed by atoms with Gasteiger partial charge < -0.3 is 18.8 Å². The molecule has 2 aromatic heterocycles. The fourth-order valence-electron chi connectivity index (χ4n) is 2.60. The monoisotopic (exact) mass is 331 g/mol. The van der Waals surface area contributed by atoms with E-state index in [1.165, 1.54) is 10.6 Å². The lowest BCUT2D eigenvalue weighted by atomic mass is 10.2. The fourth-order valence-corrected chi connectivity index (χ4v) is 2.60. The number of likely N-dealkylation sites (N-methyl/N-ethyl adjacent to an activating group) is 1. The maximum atomic E-state index is 12.4. The van der Waals surface area contributed by atoms with Crippen LogP contribution in [0.3, 0.4) is 0 Å². The summed E-state index contributed by atoms with van der Waals surface area (Å²) in [6, 6.07) is 3.05. The number of hydrogen-bond donors (Lipinski definition) is 0. The average molecular weight is 331 g/mol. The van der Waals surface area contributed by atoms with Gasteiger partial charge in [0.15, 0.2) is 0 Å². The third-order valence-corrected chi connectivity index (χ3v) is 4.16. The van der Waals surface area contributed by atoms with E-state index in [2.05, 4.69) is 15.1 Å². The topological polar surface area (TPSA) is 84.5 Å². The van der Waals surface area contributed by atoms with Crippen LogP contribution in [0.15, 0.2) is 27.5 Å². The zero-order valence-electron chi connectivity index (χ0n) is 13.9. The van der Waals surface area contributed by atoms with Gasteiger partial charge in [-0.25, -0.2) is 0 Å². The van der Waals surface area contributed by atoms with E-state index >= 15 is 0 Å².